The molecule has 184 valence electrons. The molecule has 3 aromatic rings. The number of hydrogen-bond acceptors (Lipinski definition) is 12. The quantitative estimate of drug-likeness (QED) is 0.103. The molecule has 5 heterocycles. The number of hydrogen-bond donors (Lipinski definition) is 4. The lowest BCUT2D eigenvalue weighted by molar-refractivity contribution is -0.689. The van der Waals surface area contributed by atoms with Crippen LogP contribution in [0, 0.1) is 0 Å². The maximum atomic E-state index is 12.9. The second-order valence-electron chi connectivity index (χ2n) is 7.65. The van der Waals surface area contributed by atoms with Crippen LogP contribution in [-0.4, -0.2) is 71.0 Å². The van der Waals surface area contributed by atoms with Crippen molar-refractivity contribution in [3.63, 3.8) is 0 Å². The number of aromatic nitrogens is 4. The highest BCUT2D eigenvalue weighted by atomic mass is 32.2. The van der Waals surface area contributed by atoms with E-state index in [1.165, 1.54) is 28.4 Å². The number of thioether (sulfide) groups is 1. The summed E-state index contributed by atoms with van der Waals surface area (Å²) in [7, 11) is 0. The Balaban J connectivity index is 1.32. The zero-order chi connectivity index (χ0) is 25.4. The van der Waals surface area contributed by atoms with E-state index in [0.29, 0.717) is 17.2 Å². The van der Waals surface area contributed by atoms with Crippen molar-refractivity contribution in [1.82, 2.24) is 25.3 Å². The zero-order valence-electron chi connectivity index (χ0n) is 18.1. The fourth-order valence-corrected chi connectivity index (χ4v) is 5.74. The van der Waals surface area contributed by atoms with Crippen molar-refractivity contribution in [1.29, 1.82) is 0 Å². The number of fused-ring (bicyclic) bond motifs is 1. The van der Waals surface area contributed by atoms with Crippen LogP contribution in [0.5, 0.6) is 0 Å². The molecule has 2 aliphatic rings. The molecular weight excluding hydrogens is 512 g/mol. The molecule has 3 aromatic heterocycles. The summed E-state index contributed by atoms with van der Waals surface area (Å²) in [6.07, 6.45) is 4.72. The van der Waals surface area contributed by atoms with Gasteiger partial charge in [-0.3, -0.25) is 14.5 Å². The van der Waals surface area contributed by atoms with Gasteiger partial charge in [0.1, 0.15) is 22.8 Å². The number of amides is 2. The Bertz CT molecular complexity index is 1400. The molecule has 0 radical (unpaired) electrons. The van der Waals surface area contributed by atoms with E-state index in [4.69, 9.17) is 10.3 Å². The van der Waals surface area contributed by atoms with Gasteiger partial charge < -0.3 is 25.9 Å². The highest BCUT2D eigenvalue weighted by molar-refractivity contribution is 8.00. The van der Waals surface area contributed by atoms with E-state index < -0.39 is 34.9 Å². The van der Waals surface area contributed by atoms with Gasteiger partial charge in [-0.25, -0.2) is 14.3 Å². The first-order chi connectivity index (χ1) is 17.4. The normalized spacial score (nSPS) is 19.6. The number of carbonyl (C=O) groups is 3. The number of carboxylic acid groups (broad SMARTS) is 1. The summed E-state index contributed by atoms with van der Waals surface area (Å²) in [6.45, 7) is 0.237. The van der Waals surface area contributed by atoms with Gasteiger partial charge in [-0.2, -0.15) is 4.98 Å². The standard InChI is InChI=1S/C20H16N8O6S2/c21-20-23-11(7-36-20)12(25-33)16(29)24-13-17(30)28-14(19(31)32)10(6-35-18(13)28)5-27-3-1-9(2-4-27)15-22-8-34-26-15/h1-4,7-8,13,18H,5-6H2,(H4-,21,23,24,29,31,32,33)/p+1/t13-,18+/m1/s1. The lowest BCUT2D eigenvalue weighted by atomic mass is 10.0. The third-order valence-corrected chi connectivity index (χ3v) is 7.51. The first-order valence-electron chi connectivity index (χ1n) is 10.3. The number of nitrogens with zero attached hydrogens (tertiary/aromatic N) is 6. The van der Waals surface area contributed by atoms with Crippen molar-refractivity contribution in [2.75, 3.05) is 11.5 Å². The van der Waals surface area contributed by atoms with E-state index >= 15 is 0 Å². The Morgan fingerprint density at radius 3 is 2.75 bits per heavy atom. The number of thiazole rings is 1. The monoisotopic (exact) mass is 529 g/mol. The van der Waals surface area contributed by atoms with Crippen LogP contribution in [0.25, 0.3) is 11.4 Å². The molecule has 0 spiro atoms. The van der Waals surface area contributed by atoms with Gasteiger partial charge in [-0.1, -0.05) is 10.3 Å². The number of oxime groups is 1. The number of carboxylic acids is 1. The zero-order valence-corrected chi connectivity index (χ0v) is 19.8. The molecule has 0 saturated carbocycles. The van der Waals surface area contributed by atoms with Crippen molar-refractivity contribution < 1.29 is 33.8 Å². The molecule has 1 saturated heterocycles. The van der Waals surface area contributed by atoms with E-state index in [0.717, 1.165) is 16.9 Å². The van der Waals surface area contributed by atoms with Gasteiger partial charge in [0.05, 0.1) is 0 Å². The van der Waals surface area contributed by atoms with Gasteiger partial charge >= 0.3 is 5.97 Å². The summed E-state index contributed by atoms with van der Waals surface area (Å²) in [5, 5.41) is 29.4. The molecule has 36 heavy (non-hydrogen) atoms. The van der Waals surface area contributed by atoms with Crippen LogP contribution in [0.15, 0.2) is 57.2 Å². The number of nitrogens with two attached hydrogens (primary N) is 1. The lowest BCUT2D eigenvalue weighted by Crippen LogP contribution is -2.71. The van der Waals surface area contributed by atoms with Gasteiger partial charge in [0, 0.05) is 34.4 Å². The molecule has 1 fully saturated rings. The number of anilines is 1. The van der Waals surface area contributed by atoms with E-state index in [9.17, 15) is 24.7 Å². The van der Waals surface area contributed by atoms with Gasteiger partial charge in [0.2, 0.25) is 12.2 Å². The molecule has 16 heteroatoms. The topological polar surface area (TPSA) is 201 Å². The molecule has 0 bridgehead atoms. The van der Waals surface area contributed by atoms with Crippen LogP contribution in [0.1, 0.15) is 5.69 Å². The molecule has 0 aliphatic carbocycles. The van der Waals surface area contributed by atoms with E-state index in [1.54, 1.807) is 29.1 Å². The smallest absolute Gasteiger partial charge is 0.352 e. The van der Waals surface area contributed by atoms with Gasteiger partial charge in [0.15, 0.2) is 29.8 Å². The molecule has 0 unspecified atom stereocenters. The molecule has 5 N–H and O–H groups in total. The fourth-order valence-electron chi connectivity index (χ4n) is 3.85. The molecule has 5 rings (SSSR count). The third kappa shape index (κ3) is 4.16. The predicted octanol–water partition coefficient (Wildman–Crippen LogP) is -0.320. The largest absolute Gasteiger partial charge is 0.477 e. The first kappa shape index (κ1) is 23.4. The summed E-state index contributed by atoms with van der Waals surface area (Å²) >= 11 is 2.38. The molecule has 2 amide bonds. The van der Waals surface area contributed by atoms with Crippen molar-refractivity contribution >= 4 is 51.7 Å². The van der Waals surface area contributed by atoms with Gasteiger partial charge in [-0.05, 0) is 0 Å². The van der Waals surface area contributed by atoms with Crippen molar-refractivity contribution in [2.45, 2.75) is 18.0 Å². The maximum absolute atomic E-state index is 12.9. The molecule has 2 atom stereocenters. The predicted molar refractivity (Wildman–Crippen MR) is 124 cm³/mol. The van der Waals surface area contributed by atoms with E-state index in [2.05, 4.69) is 25.6 Å². The fraction of sp³-hybridized carbons (Fsp3) is 0.200. The van der Waals surface area contributed by atoms with Gasteiger partial charge in [0.25, 0.3) is 11.8 Å². The minimum Gasteiger partial charge on any atom is -0.477 e. The minimum atomic E-state index is -1.24. The number of nitrogen functional groups attached to an aromatic ring is 1. The van der Waals surface area contributed by atoms with Crippen LogP contribution in [0.3, 0.4) is 0 Å². The molecule has 0 aromatic carbocycles. The number of carbonyl (C=O) groups excluding carboxylic acids is 2. The molecule has 2 aliphatic heterocycles. The first-order valence-corrected chi connectivity index (χ1v) is 12.2. The Morgan fingerprint density at radius 1 is 1.36 bits per heavy atom. The highest BCUT2D eigenvalue weighted by Crippen LogP contribution is 2.40. The summed E-state index contributed by atoms with van der Waals surface area (Å²) < 4.78 is 6.51. The number of β-lactam (4-membered cyclic amide) rings is 1. The van der Waals surface area contributed by atoms with Crippen LogP contribution < -0.4 is 15.6 Å². The summed E-state index contributed by atoms with van der Waals surface area (Å²) in [5.41, 5.74) is 6.38. The van der Waals surface area contributed by atoms with Crippen LogP contribution >= 0.6 is 23.1 Å². The van der Waals surface area contributed by atoms with Gasteiger partial charge in [-0.15, -0.1) is 23.1 Å². The molecule has 14 nitrogen and oxygen atoms in total. The second-order valence-corrected chi connectivity index (χ2v) is 9.65. The van der Waals surface area contributed by atoms with Crippen molar-refractivity contribution in [3.05, 3.63) is 53.3 Å². The Kier molecular flexibility index (Phi) is 6.11. The van der Waals surface area contributed by atoms with E-state index in [1.807, 2.05) is 0 Å². The van der Waals surface area contributed by atoms with Crippen molar-refractivity contribution in [2.24, 2.45) is 5.16 Å². The van der Waals surface area contributed by atoms with E-state index in [-0.39, 0.29) is 23.1 Å². The number of nitrogens with one attached hydrogen (secondary N) is 1. The average Bonchev–Trinajstić information content (AvgIpc) is 3.55. The summed E-state index contributed by atoms with van der Waals surface area (Å²) in [4.78, 5) is 46.7. The summed E-state index contributed by atoms with van der Waals surface area (Å²) in [6, 6.07) is 2.54. The Hall–Kier alpha value is -4.31. The number of rotatable bonds is 7. The third-order valence-electron chi connectivity index (χ3n) is 5.50. The maximum Gasteiger partial charge on any atom is 0.352 e. The lowest BCUT2D eigenvalue weighted by Gasteiger charge is -2.49. The number of aliphatic carboxylic acids is 1. The second kappa shape index (κ2) is 9.38. The van der Waals surface area contributed by atoms with Crippen LogP contribution in [0.4, 0.5) is 5.13 Å². The Labute approximate surface area is 210 Å². The SMILES string of the molecule is Nc1nc(C(=NO)C(=O)N[C@@H]2C(=O)N3C(C(=O)O)=C(C[n+]4ccc(-c5ncon5)cc4)CS[C@@H]23)cs1. The number of pyridine rings is 1. The Morgan fingerprint density at radius 2 is 2.14 bits per heavy atom. The summed E-state index contributed by atoms with van der Waals surface area (Å²) in [5.74, 6) is -1.90. The molecular formula is C20H17N8O6S2+. The average molecular weight is 530 g/mol. The van der Waals surface area contributed by atoms with Crippen molar-refractivity contribution in [3.8, 4) is 11.4 Å². The highest BCUT2D eigenvalue weighted by Gasteiger charge is 2.54. The van der Waals surface area contributed by atoms with Crippen LogP contribution in [-0.2, 0) is 20.9 Å². The van der Waals surface area contributed by atoms with Crippen LogP contribution in [0.2, 0.25) is 0 Å². The minimum absolute atomic E-state index is 0.0632.